The molecule has 0 amide bonds. The summed E-state index contributed by atoms with van der Waals surface area (Å²) in [6.07, 6.45) is 5.48. The van der Waals surface area contributed by atoms with Gasteiger partial charge in [0.2, 0.25) is 0 Å². The Morgan fingerprint density at radius 3 is 1.01 bits per heavy atom. The fourth-order valence-corrected chi connectivity index (χ4v) is 24.4. The zero-order valence-electron chi connectivity index (χ0n) is 70.5. The summed E-state index contributed by atoms with van der Waals surface area (Å²) in [4.78, 5) is 29.0. The molecule has 27 rings (SSSR count). The van der Waals surface area contributed by atoms with Crippen molar-refractivity contribution in [1.82, 2.24) is 43.6 Å². The van der Waals surface area contributed by atoms with Crippen molar-refractivity contribution in [2.45, 2.75) is 0 Å². The molecule has 0 aliphatic carbocycles. The molecule has 12 aromatic carbocycles. The number of nitrogens with zero attached hydrogens (tertiary/aromatic N) is 9. The maximum atomic E-state index is 5.08. The van der Waals surface area contributed by atoms with E-state index >= 15 is 0 Å². The van der Waals surface area contributed by atoms with Crippen LogP contribution in [0.15, 0.2) is 374 Å². The van der Waals surface area contributed by atoms with Crippen LogP contribution >= 0.6 is 102 Å². The molecule has 0 bridgehead atoms. The van der Waals surface area contributed by atoms with E-state index in [4.69, 9.17) is 15.0 Å². The second-order valence-electron chi connectivity index (χ2n) is 31.8. The smallest absolute Gasteiger partial charge is 0.346 e. The number of hydrogen-bond donors (Lipinski definition) is 0. The molecule has 27 aromatic rings. The Labute approximate surface area is 855 Å². The van der Waals surface area contributed by atoms with Gasteiger partial charge in [0.1, 0.15) is 0 Å². The zero-order valence-corrected chi connectivity index (χ0v) is 84.7. The molecule has 0 unspecified atom stereocenters. The molecule has 648 valence electrons. The van der Waals surface area contributed by atoms with Crippen molar-refractivity contribution >= 4 is 198 Å². The van der Waals surface area contributed by atoms with E-state index in [1.54, 1.807) is 102 Å². The van der Waals surface area contributed by atoms with Crippen molar-refractivity contribution in [3.63, 3.8) is 0 Å². The van der Waals surface area contributed by atoms with Crippen molar-refractivity contribution in [3.05, 3.63) is 411 Å². The average molecular weight is 2430 g/mol. The van der Waals surface area contributed by atoms with Gasteiger partial charge in [-0.15, -0.1) is 155 Å². The van der Waals surface area contributed by atoms with Gasteiger partial charge in [-0.3, -0.25) is 15.0 Å². The minimum absolute atomic E-state index is 0. The molecular weight excluding hydrogens is 2370 g/mol. The Hall–Kier alpha value is -12.6. The molecule has 0 aliphatic rings. The van der Waals surface area contributed by atoms with Crippen molar-refractivity contribution in [2.75, 3.05) is 0 Å². The van der Waals surface area contributed by atoms with Crippen LogP contribution in [0.3, 0.4) is 0 Å². The fraction of sp³-hybridized carbons (Fsp3) is 0. The number of hydrogen-bond acceptors (Lipinski definition) is 15. The summed E-state index contributed by atoms with van der Waals surface area (Å²) < 4.78 is 10.4. The van der Waals surface area contributed by atoms with E-state index in [1.165, 1.54) is 91.5 Å². The maximum Gasteiger partial charge on any atom is 2.00 e. The molecule has 0 aliphatic heterocycles. The van der Waals surface area contributed by atoms with E-state index < -0.39 is 0 Å². The summed E-state index contributed by atoms with van der Waals surface area (Å²) in [5, 5.41) is 35.8. The second-order valence-corrected chi connectivity index (χ2v) is 39.6. The Morgan fingerprint density at radius 1 is 0.215 bits per heavy atom. The second kappa shape index (κ2) is 37.9. The first-order valence-corrected chi connectivity index (χ1v) is 50.7. The topological polar surface area (TPSA) is 92.1 Å². The minimum atomic E-state index is 0. The normalized spacial score (nSPS) is 11.4. The molecule has 9 nitrogen and oxygen atoms in total. The number of fused-ring (bicyclic) bond motifs is 12. The summed E-state index contributed by atoms with van der Waals surface area (Å²) in [6.45, 7) is 0. The van der Waals surface area contributed by atoms with E-state index in [1.807, 2.05) is 73.2 Å². The molecule has 0 radical (unpaired) electrons. The van der Waals surface area contributed by atoms with Crippen molar-refractivity contribution in [3.8, 4) is 149 Å². The van der Waals surface area contributed by atoms with Crippen molar-refractivity contribution in [1.29, 1.82) is 0 Å². The van der Waals surface area contributed by atoms with E-state index in [9.17, 15) is 0 Å². The van der Waals surface area contributed by atoms with Crippen LogP contribution in [0.4, 0.5) is 0 Å². The van der Waals surface area contributed by atoms with Gasteiger partial charge < -0.3 is 28.7 Å². The summed E-state index contributed by atoms with van der Waals surface area (Å²) in [5.41, 5.74) is 35.3. The van der Waals surface area contributed by atoms with E-state index in [0.717, 1.165) is 154 Å². The first-order chi connectivity index (χ1) is 65.3. The van der Waals surface area contributed by atoms with Gasteiger partial charge in [-0.25, -0.2) is 0 Å². The number of thiazole rings is 3. The largest absolute Gasteiger partial charge is 2.00 e. The molecule has 15 aromatic heterocycles. The minimum Gasteiger partial charge on any atom is -0.346 e. The van der Waals surface area contributed by atoms with Crippen LogP contribution in [-0.4, -0.2) is 43.6 Å². The molecule has 15 heterocycles. The third-order valence-electron chi connectivity index (χ3n) is 23.9. The summed E-state index contributed by atoms with van der Waals surface area (Å²) in [6, 6.07) is 125. The van der Waals surface area contributed by atoms with Crippen molar-refractivity contribution < 1.29 is 63.2 Å². The Bertz CT molecular complexity index is 8630. The van der Waals surface area contributed by atoms with Gasteiger partial charge in [0, 0.05) is 64.3 Å². The molecule has 0 saturated carbocycles. The quantitative estimate of drug-likeness (QED) is 0.0950. The van der Waals surface area contributed by atoms with E-state index in [2.05, 4.69) is 366 Å². The van der Waals surface area contributed by atoms with Gasteiger partial charge in [-0.2, -0.15) is 102 Å². The van der Waals surface area contributed by atoms with Gasteiger partial charge in [0.05, 0.1) is 16.6 Å². The van der Waals surface area contributed by atoms with Gasteiger partial charge in [-0.1, -0.05) is 119 Å². The molecule has 135 heavy (non-hydrogen) atoms. The predicted molar refractivity (Wildman–Crippen MR) is 561 cm³/mol. The summed E-state index contributed by atoms with van der Waals surface area (Å²) >= 11 is 15.4. The maximum absolute atomic E-state index is 5.08. The molecule has 21 heteroatoms. The first-order valence-electron chi connectivity index (χ1n) is 42.6. The number of pyridine rings is 3. The van der Waals surface area contributed by atoms with E-state index in [0.29, 0.717) is 0 Å². The number of thiophene rings is 6. The molecule has 0 atom stereocenters. The summed E-state index contributed by atoms with van der Waals surface area (Å²) in [5.74, 6) is 0. The number of aromatic nitrogens is 9. The molecule has 0 spiro atoms. The van der Waals surface area contributed by atoms with Crippen LogP contribution in [0, 0.1) is 36.4 Å². The van der Waals surface area contributed by atoms with Crippen LogP contribution in [0.2, 0.25) is 0 Å². The van der Waals surface area contributed by atoms with Crippen LogP contribution in [0.25, 0.3) is 245 Å². The van der Waals surface area contributed by atoms with Gasteiger partial charge >= 0.3 is 63.2 Å². The van der Waals surface area contributed by atoms with Crippen LogP contribution in [-0.2, 0) is 63.2 Å². The third-order valence-corrected chi connectivity index (χ3v) is 31.1. The molecular formula is C114H63N9Pt3S9. The Balaban J connectivity index is 0.000000116. The molecule has 0 saturated heterocycles. The fourth-order valence-electron chi connectivity index (χ4n) is 17.5. The monoisotopic (exact) mass is 2430 g/mol. The number of benzene rings is 12. The predicted octanol–water partition coefficient (Wildman–Crippen LogP) is 33.5. The van der Waals surface area contributed by atoms with Crippen LogP contribution < -0.4 is 0 Å². The summed E-state index contributed by atoms with van der Waals surface area (Å²) in [7, 11) is 0. The SMILES string of the molecule is [Pt+2].[Pt+2].[Pt+2].[c-]1c(-c2ccccn2)cc(-c2ccsc2)cc1-n1c2[c-]c(-c3nc4ccc(-c5ccsc5)cc4s3)ccc2c2ccccc21.[c-]1c(-c2ccccn2)cccc1-n1c2[c-]c(-c3nc4cc(-c5ccsc5)ccc4s3)ccc2c2cc(-c3ccsc3)ccc21.[c-]1c(-c2ccccn2)cccc1-n1c2[c-]c(-c3nc4ccc(-c5ccsc5)cc4s3)ccc2c2cc(-c3ccsc3)ccc21. The zero-order chi connectivity index (χ0) is 87.1. The van der Waals surface area contributed by atoms with Crippen LogP contribution in [0.5, 0.6) is 0 Å². The van der Waals surface area contributed by atoms with Gasteiger partial charge in [0.25, 0.3) is 0 Å². The number of para-hydroxylation sites is 1. The average Bonchev–Trinajstić information content (AvgIpc) is 1.59. The Kier molecular flexibility index (Phi) is 24.7. The van der Waals surface area contributed by atoms with Gasteiger partial charge in [-0.05, 0) is 302 Å². The number of rotatable bonds is 15. The van der Waals surface area contributed by atoms with E-state index in [-0.39, 0.29) is 63.2 Å². The third kappa shape index (κ3) is 16.9. The standard InChI is InChI=1S/3C38H21N3S3.3Pt/c1-2-15-39-33(6-1)26-4-3-5-30(18-26)41-35-12-9-24(28-13-16-42-22-28)19-32(35)31-10-7-27(20-36(31)41)38-40-34-11-8-25(21-37(34)44-38)29-14-17-43-23-29;1-2-15-39-33(6-1)26-4-3-5-30(18-26)41-35-11-8-24(28-13-16-42-22-28)19-32(35)31-10-7-27(21-36(31)41)38-40-34-20-25(9-12-37(34)44-38)29-14-17-43-23-29;1-2-7-35-31(5-1)32-10-8-25(38-40-34-11-9-24(21-37(34)44-38)26-12-15-42-22-26)20-36(32)41(35)30-18-28(27-13-16-43-23-27)17-29(19-30)33-6-3-4-14-39-33;;;/h1-17,19,21-23H;1-17,19-20,22-23H;1-18,21-23H;;;/q3*-2;3*+2. The van der Waals surface area contributed by atoms with Crippen molar-refractivity contribution in [2.24, 2.45) is 0 Å². The molecule has 0 fully saturated rings. The van der Waals surface area contributed by atoms with Gasteiger partial charge in [0.15, 0.2) is 0 Å². The Morgan fingerprint density at radius 2 is 0.578 bits per heavy atom. The molecule has 0 N–H and O–H groups in total. The first kappa shape index (κ1) is 87.7. The van der Waals surface area contributed by atoms with Crippen LogP contribution in [0.1, 0.15) is 0 Å².